The molecule has 67 heavy (non-hydrogen) atoms. The van der Waals surface area contributed by atoms with E-state index in [-0.39, 0.29) is 37.4 Å². The molecule has 0 aromatic carbocycles. The summed E-state index contributed by atoms with van der Waals surface area (Å²) in [5.41, 5.74) is 0. The first-order chi connectivity index (χ1) is 32.7. The second kappa shape index (κ2) is 45.8. The Morgan fingerprint density at radius 2 is 0.836 bits per heavy atom. The van der Waals surface area contributed by atoms with Crippen LogP contribution in [-0.4, -0.2) is 91.4 Å². The first-order valence-electron chi connectivity index (χ1n) is 29.4. The summed E-state index contributed by atoms with van der Waals surface area (Å²) in [6.07, 6.45) is 42.7. The van der Waals surface area contributed by atoms with Gasteiger partial charge in [0, 0.05) is 51.4 Å². The molecule has 0 amide bonds. The average Bonchev–Trinajstić information content (AvgIpc) is 3.31. The molecular weight excluding hydrogens is 843 g/mol. The molecule has 0 radical (unpaired) electrons. The van der Waals surface area contributed by atoms with E-state index in [4.69, 9.17) is 9.47 Å². The molecule has 0 spiro atoms. The summed E-state index contributed by atoms with van der Waals surface area (Å²) in [5, 5.41) is 9.92. The van der Waals surface area contributed by atoms with Crippen molar-refractivity contribution in [1.29, 1.82) is 0 Å². The molecule has 1 saturated carbocycles. The van der Waals surface area contributed by atoms with Gasteiger partial charge in [0.1, 0.15) is 0 Å². The van der Waals surface area contributed by atoms with Gasteiger partial charge in [0.2, 0.25) is 5.92 Å². The maximum Gasteiger partial charge on any atom is 0.305 e. The third-order valence-electron chi connectivity index (χ3n) is 14.8. The number of carbonyl (C=O) groups is 2. The Morgan fingerprint density at radius 1 is 0.478 bits per heavy atom. The second-order valence-electron chi connectivity index (χ2n) is 21.1. The molecule has 1 N–H and O–H groups in total. The van der Waals surface area contributed by atoms with Crippen molar-refractivity contribution >= 4 is 11.9 Å². The molecule has 1 fully saturated rings. The molecule has 7 nitrogen and oxygen atoms in total. The second-order valence-corrected chi connectivity index (χ2v) is 21.1. The largest absolute Gasteiger partial charge is 0.465 e. The quantitative estimate of drug-likeness (QED) is 0.0481. The van der Waals surface area contributed by atoms with Crippen molar-refractivity contribution in [2.24, 2.45) is 11.8 Å². The first kappa shape index (κ1) is 63.7. The highest BCUT2D eigenvalue weighted by molar-refractivity contribution is 5.69. The fraction of sp³-hybridized carbons (Fsp3) is 0.966. The zero-order chi connectivity index (χ0) is 48.9. The summed E-state index contributed by atoms with van der Waals surface area (Å²) in [6.45, 7) is 14.0. The predicted molar refractivity (Wildman–Crippen MR) is 280 cm³/mol. The molecule has 0 aromatic rings. The molecular formula is C58H112F2N2O5. The normalized spacial score (nSPS) is 14.3. The van der Waals surface area contributed by atoms with E-state index in [2.05, 4.69) is 37.5 Å². The number of aliphatic hydroxyl groups excluding tert-OH is 1. The predicted octanol–water partition coefficient (Wildman–Crippen LogP) is 16.6. The van der Waals surface area contributed by atoms with Gasteiger partial charge in [0.15, 0.2) is 0 Å². The number of esters is 2. The zero-order valence-electron chi connectivity index (χ0n) is 44.9. The van der Waals surface area contributed by atoms with Crippen LogP contribution in [0.3, 0.4) is 0 Å². The summed E-state index contributed by atoms with van der Waals surface area (Å²) in [6, 6.07) is 0.137. The maximum atomic E-state index is 14.2. The van der Waals surface area contributed by atoms with Gasteiger partial charge in [-0.1, -0.05) is 195 Å². The summed E-state index contributed by atoms with van der Waals surface area (Å²) >= 11 is 0. The maximum absolute atomic E-state index is 14.2. The zero-order valence-corrected chi connectivity index (χ0v) is 44.9. The first-order valence-corrected chi connectivity index (χ1v) is 29.4. The van der Waals surface area contributed by atoms with Gasteiger partial charge in [-0.25, -0.2) is 8.78 Å². The minimum Gasteiger partial charge on any atom is -0.465 e. The number of hydrogen-bond acceptors (Lipinski definition) is 7. The Balaban J connectivity index is 2.53. The van der Waals surface area contributed by atoms with E-state index in [1.54, 1.807) is 0 Å². The van der Waals surface area contributed by atoms with Crippen LogP contribution in [-0.2, 0) is 19.1 Å². The third kappa shape index (κ3) is 39.0. The molecule has 0 heterocycles. The van der Waals surface area contributed by atoms with E-state index in [9.17, 15) is 23.5 Å². The topological polar surface area (TPSA) is 79.3 Å². The highest BCUT2D eigenvalue weighted by atomic mass is 19.3. The summed E-state index contributed by atoms with van der Waals surface area (Å²) in [5.74, 6) is -1.77. The van der Waals surface area contributed by atoms with E-state index in [0.29, 0.717) is 57.3 Å². The van der Waals surface area contributed by atoms with E-state index < -0.39 is 5.92 Å². The number of carbonyl (C=O) groups excluding carboxylic acids is 2. The molecule has 0 aliphatic heterocycles. The number of alkyl halides is 2. The van der Waals surface area contributed by atoms with Crippen LogP contribution in [0, 0.1) is 11.8 Å². The molecule has 1 aliphatic rings. The molecule has 398 valence electrons. The van der Waals surface area contributed by atoms with Gasteiger partial charge in [-0.05, 0) is 89.1 Å². The lowest BCUT2D eigenvalue weighted by Crippen LogP contribution is -2.45. The molecule has 0 unspecified atom stereocenters. The van der Waals surface area contributed by atoms with Crippen molar-refractivity contribution in [2.45, 2.75) is 296 Å². The van der Waals surface area contributed by atoms with Crippen molar-refractivity contribution in [3.63, 3.8) is 0 Å². The number of hydrogen-bond donors (Lipinski definition) is 1. The number of nitrogens with zero attached hydrogens (tertiary/aromatic N) is 2. The molecule has 9 heteroatoms. The third-order valence-corrected chi connectivity index (χ3v) is 14.8. The molecule has 0 saturated heterocycles. The van der Waals surface area contributed by atoms with Gasteiger partial charge < -0.3 is 14.6 Å². The van der Waals surface area contributed by atoms with Crippen LogP contribution in [0.4, 0.5) is 8.78 Å². The lowest BCUT2D eigenvalue weighted by molar-refractivity contribution is -0.146. The monoisotopic (exact) mass is 955 g/mol. The highest BCUT2D eigenvalue weighted by Gasteiger charge is 2.36. The van der Waals surface area contributed by atoms with Gasteiger partial charge in [0.25, 0.3) is 0 Å². The van der Waals surface area contributed by atoms with Crippen molar-refractivity contribution in [3.8, 4) is 0 Å². The number of unbranched alkanes of at least 4 members (excludes halogenated alkanes) is 24. The summed E-state index contributed by atoms with van der Waals surface area (Å²) < 4.78 is 40.2. The Labute approximate surface area is 414 Å². The summed E-state index contributed by atoms with van der Waals surface area (Å²) in [7, 11) is 0. The van der Waals surface area contributed by atoms with Crippen LogP contribution >= 0.6 is 0 Å². The van der Waals surface area contributed by atoms with E-state index in [0.717, 1.165) is 90.4 Å². The molecule has 0 aromatic heterocycles. The van der Waals surface area contributed by atoms with Crippen LogP contribution < -0.4 is 0 Å². The van der Waals surface area contributed by atoms with Gasteiger partial charge in [-0.3, -0.25) is 19.4 Å². The number of halogens is 2. The minimum absolute atomic E-state index is 0.0551. The smallest absolute Gasteiger partial charge is 0.305 e. The van der Waals surface area contributed by atoms with E-state index in [1.165, 1.54) is 154 Å². The number of ether oxygens (including phenoxy) is 2. The average molecular weight is 956 g/mol. The fourth-order valence-electron chi connectivity index (χ4n) is 10.2. The highest BCUT2D eigenvalue weighted by Crippen LogP contribution is 2.35. The molecule has 1 rings (SSSR count). The minimum atomic E-state index is -2.57. The van der Waals surface area contributed by atoms with Crippen molar-refractivity contribution in [2.75, 3.05) is 52.5 Å². The van der Waals surface area contributed by atoms with Crippen LogP contribution in [0.2, 0.25) is 0 Å². The van der Waals surface area contributed by atoms with Gasteiger partial charge in [-0.15, -0.1) is 0 Å². The lowest BCUT2D eigenvalue weighted by Gasteiger charge is -2.38. The van der Waals surface area contributed by atoms with Crippen molar-refractivity contribution in [1.82, 2.24) is 9.80 Å². The van der Waals surface area contributed by atoms with Crippen molar-refractivity contribution < 1.29 is 33.0 Å². The SMILES string of the molecule is CCCCCCCCC(CCCCCCCC)COC(=O)CCCCCN(CCO)CCN(CCCCCC(=O)OCC(CCCCCCCC)CCCCCCCC)C1CCC(F)(F)CC1. The molecule has 1 aliphatic carbocycles. The Bertz CT molecular complexity index is 1060. The van der Waals surface area contributed by atoms with E-state index in [1.807, 2.05) is 0 Å². The lowest BCUT2D eigenvalue weighted by atomic mass is 9.91. The van der Waals surface area contributed by atoms with Crippen LogP contribution in [0.25, 0.3) is 0 Å². The van der Waals surface area contributed by atoms with E-state index >= 15 is 0 Å². The van der Waals surface area contributed by atoms with Gasteiger partial charge in [0.05, 0.1) is 19.8 Å². The fourth-order valence-corrected chi connectivity index (χ4v) is 10.2. The summed E-state index contributed by atoms with van der Waals surface area (Å²) in [4.78, 5) is 30.4. The van der Waals surface area contributed by atoms with Crippen molar-refractivity contribution in [3.05, 3.63) is 0 Å². The van der Waals surface area contributed by atoms with Gasteiger partial charge >= 0.3 is 11.9 Å². The number of rotatable bonds is 50. The van der Waals surface area contributed by atoms with Crippen LogP contribution in [0.15, 0.2) is 0 Å². The Morgan fingerprint density at radius 3 is 1.22 bits per heavy atom. The number of aliphatic hydroxyl groups is 1. The van der Waals surface area contributed by atoms with Crippen LogP contribution in [0.5, 0.6) is 0 Å². The Kier molecular flexibility index (Phi) is 43.5. The van der Waals surface area contributed by atoms with Gasteiger partial charge in [-0.2, -0.15) is 0 Å². The Hall–Kier alpha value is -1.32. The molecule has 0 bridgehead atoms. The standard InChI is InChI=1S/C58H112F2N2O5/c1-5-9-13-17-21-27-35-53(36-28-22-18-14-10-6-2)51-66-56(64)39-31-25-33-45-61(49-50-63)47-48-62(55-41-43-58(59,60)44-42-55)46-34-26-32-40-57(65)67-52-54(37-29-23-19-15-11-7-3)38-30-24-20-16-12-8-4/h53-55,63H,5-52H2,1-4H3. The molecule has 0 atom stereocenters. The van der Waals surface area contributed by atoms with Crippen LogP contribution in [0.1, 0.15) is 285 Å².